The predicted octanol–water partition coefficient (Wildman–Crippen LogP) is 3.39. The third-order valence-corrected chi connectivity index (χ3v) is 8.30. The van der Waals surface area contributed by atoms with Crippen LogP contribution in [0.15, 0.2) is 41.3 Å². The van der Waals surface area contributed by atoms with Gasteiger partial charge in [0.2, 0.25) is 21.8 Å². The molecule has 2 heterocycles. The van der Waals surface area contributed by atoms with Crippen LogP contribution in [-0.2, 0) is 26.0 Å². The number of carbonyl (C=O) groups excluding carboxylic acids is 2. The fourth-order valence-corrected chi connectivity index (χ4v) is 6.05. The molecule has 2 aliphatic heterocycles. The van der Waals surface area contributed by atoms with Crippen molar-refractivity contribution in [2.24, 2.45) is 0 Å². The van der Waals surface area contributed by atoms with Crippen molar-refractivity contribution in [2.75, 3.05) is 23.3 Å². The van der Waals surface area contributed by atoms with Crippen molar-refractivity contribution < 1.29 is 18.0 Å². The molecule has 2 aromatic rings. The molecule has 0 bridgehead atoms. The first-order valence-electron chi connectivity index (χ1n) is 11.0. The molecule has 1 atom stereocenters. The second-order valence-corrected chi connectivity index (χ2v) is 10.6. The molecule has 0 aliphatic carbocycles. The molecule has 7 nitrogen and oxygen atoms in total. The molecule has 0 aromatic heterocycles. The minimum atomic E-state index is -3.59. The lowest BCUT2D eigenvalue weighted by atomic mass is 10.1. The number of sulfonamides is 1. The molecule has 1 saturated heterocycles. The fourth-order valence-electron chi connectivity index (χ4n) is 4.49. The van der Waals surface area contributed by atoms with Gasteiger partial charge in [-0.1, -0.05) is 12.5 Å². The van der Waals surface area contributed by atoms with Gasteiger partial charge in [0, 0.05) is 37.8 Å². The van der Waals surface area contributed by atoms with E-state index < -0.39 is 16.1 Å². The van der Waals surface area contributed by atoms with Crippen molar-refractivity contribution in [2.45, 2.75) is 57.4 Å². The Labute approximate surface area is 189 Å². The van der Waals surface area contributed by atoms with Crippen LogP contribution in [0.2, 0.25) is 0 Å². The number of anilines is 2. The molecule has 0 spiro atoms. The van der Waals surface area contributed by atoms with Crippen molar-refractivity contribution in [3.8, 4) is 0 Å². The van der Waals surface area contributed by atoms with E-state index in [0.717, 1.165) is 30.4 Å². The molecule has 4 rings (SSSR count). The van der Waals surface area contributed by atoms with Gasteiger partial charge in [-0.05, 0) is 73.7 Å². The fraction of sp³-hybridized carbons (Fsp3) is 0.417. The Kier molecular flexibility index (Phi) is 6.09. The number of nitrogens with one attached hydrogen (secondary N) is 1. The zero-order chi connectivity index (χ0) is 23.0. The standard InChI is InChI=1S/C24H29N3O4S/c1-16-7-8-20(13-17(16)2)25-24(29)23-15-19-14-21(9-10-22(19)27(23)18(3)28)32(30,31)26-11-5-4-6-12-26/h7-10,13-14,23H,4-6,11-12,15H2,1-3H3,(H,25,29). The van der Waals surface area contributed by atoms with Gasteiger partial charge in [-0.15, -0.1) is 0 Å². The Balaban J connectivity index is 1.60. The highest BCUT2D eigenvalue weighted by Gasteiger charge is 2.38. The molecule has 0 saturated carbocycles. The maximum Gasteiger partial charge on any atom is 0.247 e. The summed E-state index contributed by atoms with van der Waals surface area (Å²) in [5.74, 6) is -0.546. The van der Waals surface area contributed by atoms with E-state index in [1.165, 1.54) is 16.1 Å². The molecule has 32 heavy (non-hydrogen) atoms. The Bertz CT molecular complexity index is 1170. The first-order valence-corrected chi connectivity index (χ1v) is 12.4. The molecule has 1 N–H and O–H groups in total. The van der Waals surface area contributed by atoms with Crippen molar-refractivity contribution in [3.63, 3.8) is 0 Å². The number of amides is 2. The summed E-state index contributed by atoms with van der Waals surface area (Å²) in [6.07, 6.45) is 3.04. The number of rotatable bonds is 4. The lowest BCUT2D eigenvalue weighted by Crippen LogP contribution is -2.44. The summed E-state index contributed by atoms with van der Waals surface area (Å²) < 4.78 is 27.7. The summed E-state index contributed by atoms with van der Waals surface area (Å²) in [6, 6.07) is 9.77. The zero-order valence-corrected chi connectivity index (χ0v) is 19.5. The van der Waals surface area contributed by atoms with Crippen LogP contribution in [0, 0.1) is 13.8 Å². The van der Waals surface area contributed by atoms with Crippen molar-refractivity contribution in [1.29, 1.82) is 0 Å². The third kappa shape index (κ3) is 4.17. The van der Waals surface area contributed by atoms with E-state index in [0.29, 0.717) is 30.0 Å². The summed E-state index contributed by atoms with van der Waals surface area (Å²) >= 11 is 0. The molecule has 1 fully saturated rings. The van der Waals surface area contributed by atoms with Crippen LogP contribution in [0.1, 0.15) is 42.9 Å². The molecule has 170 valence electrons. The number of hydrogen-bond acceptors (Lipinski definition) is 4. The van der Waals surface area contributed by atoms with Gasteiger partial charge in [-0.3, -0.25) is 14.5 Å². The second kappa shape index (κ2) is 8.67. The Morgan fingerprint density at radius 2 is 1.69 bits per heavy atom. The highest BCUT2D eigenvalue weighted by atomic mass is 32.2. The van der Waals surface area contributed by atoms with Gasteiger partial charge in [0.15, 0.2) is 0 Å². The summed E-state index contributed by atoms with van der Waals surface area (Å²) in [6.45, 7) is 6.45. The van der Waals surface area contributed by atoms with Gasteiger partial charge >= 0.3 is 0 Å². The largest absolute Gasteiger partial charge is 0.324 e. The number of nitrogens with zero attached hydrogens (tertiary/aromatic N) is 2. The predicted molar refractivity (Wildman–Crippen MR) is 124 cm³/mol. The van der Waals surface area contributed by atoms with Gasteiger partial charge in [0.1, 0.15) is 6.04 Å². The normalized spacial score (nSPS) is 19.0. The maximum absolute atomic E-state index is 13.1. The summed E-state index contributed by atoms with van der Waals surface area (Å²) in [4.78, 5) is 27.2. The molecule has 2 aliphatic rings. The van der Waals surface area contributed by atoms with Crippen LogP contribution in [0.5, 0.6) is 0 Å². The molecule has 2 amide bonds. The zero-order valence-electron chi connectivity index (χ0n) is 18.7. The van der Waals surface area contributed by atoms with Gasteiger partial charge in [0.25, 0.3) is 0 Å². The van der Waals surface area contributed by atoms with E-state index in [1.807, 2.05) is 32.0 Å². The number of hydrogen-bond donors (Lipinski definition) is 1. The average molecular weight is 456 g/mol. The van der Waals surface area contributed by atoms with Crippen molar-refractivity contribution >= 4 is 33.2 Å². The van der Waals surface area contributed by atoms with Crippen LogP contribution < -0.4 is 10.2 Å². The van der Waals surface area contributed by atoms with E-state index in [9.17, 15) is 18.0 Å². The Morgan fingerprint density at radius 3 is 2.34 bits per heavy atom. The topological polar surface area (TPSA) is 86.8 Å². The monoisotopic (exact) mass is 455 g/mol. The van der Waals surface area contributed by atoms with Crippen LogP contribution in [0.4, 0.5) is 11.4 Å². The number of benzene rings is 2. The minimum absolute atomic E-state index is 0.219. The number of carbonyl (C=O) groups is 2. The van der Waals surface area contributed by atoms with Gasteiger partial charge in [-0.25, -0.2) is 8.42 Å². The van der Waals surface area contributed by atoms with Crippen molar-refractivity contribution in [1.82, 2.24) is 4.31 Å². The number of piperidine rings is 1. The van der Waals surface area contributed by atoms with E-state index in [4.69, 9.17) is 0 Å². The first kappa shape index (κ1) is 22.5. The first-order chi connectivity index (χ1) is 15.2. The number of aryl methyl sites for hydroxylation is 2. The van der Waals surface area contributed by atoms with Crippen LogP contribution in [-0.4, -0.2) is 43.7 Å². The average Bonchev–Trinajstić information content (AvgIpc) is 3.16. The molecular weight excluding hydrogens is 426 g/mol. The Hall–Kier alpha value is -2.71. The summed E-state index contributed by atoms with van der Waals surface area (Å²) in [5.41, 5.74) is 4.15. The molecule has 2 aromatic carbocycles. The molecule has 8 heteroatoms. The van der Waals surface area contributed by atoms with E-state index in [-0.39, 0.29) is 23.1 Å². The van der Waals surface area contributed by atoms with Crippen LogP contribution in [0.25, 0.3) is 0 Å². The van der Waals surface area contributed by atoms with E-state index >= 15 is 0 Å². The van der Waals surface area contributed by atoms with E-state index in [2.05, 4.69) is 5.32 Å². The van der Waals surface area contributed by atoms with Gasteiger partial charge < -0.3 is 5.32 Å². The van der Waals surface area contributed by atoms with Gasteiger partial charge in [-0.2, -0.15) is 4.31 Å². The number of fused-ring (bicyclic) bond motifs is 1. The quantitative estimate of drug-likeness (QED) is 0.766. The van der Waals surface area contributed by atoms with Gasteiger partial charge in [0.05, 0.1) is 4.90 Å². The summed E-state index contributed by atoms with van der Waals surface area (Å²) in [5, 5.41) is 2.91. The lowest BCUT2D eigenvalue weighted by Gasteiger charge is -2.26. The minimum Gasteiger partial charge on any atom is -0.324 e. The smallest absolute Gasteiger partial charge is 0.247 e. The maximum atomic E-state index is 13.1. The highest BCUT2D eigenvalue weighted by molar-refractivity contribution is 7.89. The van der Waals surface area contributed by atoms with Crippen molar-refractivity contribution in [3.05, 3.63) is 53.1 Å². The SMILES string of the molecule is CC(=O)N1c2ccc(S(=O)(=O)N3CCCCC3)cc2CC1C(=O)Nc1ccc(C)c(C)c1. The van der Waals surface area contributed by atoms with E-state index in [1.54, 1.807) is 18.2 Å². The molecular formula is C24H29N3O4S. The second-order valence-electron chi connectivity index (χ2n) is 8.65. The van der Waals surface area contributed by atoms with Crippen LogP contribution in [0.3, 0.4) is 0 Å². The third-order valence-electron chi connectivity index (χ3n) is 6.40. The lowest BCUT2D eigenvalue weighted by molar-refractivity contribution is -0.122. The Morgan fingerprint density at radius 1 is 0.969 bits per heavy atom. The highest BCUT2D eigenvalue weighted by Crippen LogP contribution is 2.35. The van der Waals surface area contributed by atoms with Crippen LogP contribution >= 0.6 is 0 Å². The molecule has 0 radical (unpaired) electrons. The summed E-state index contributed by atoms with van der Waals surface area (Å²) in [7, 11) is -3.59. The molecule has 1 unspecified atom stereocenters.